The molecular weight excluding hydrogens is 314 g/mol. The topological polar surface area (TPSA) is 159 Å². The molecule has 2 amide bonds. The van der Waals surface area contributed by atoms with E-state index in [1.165, 1.54) is 0 Å². The summed E-state index contributed by atoms with van der Waals surface area (Å²) in [6.07, 6.45) is -0.577. The van der Waals surface area contributed by atoms with Crippen LogP contribution < -0.4 is 16.4 Å². The Labute approximate surface area is 133 Å². The minimum atomic E-state index is -1.30. The van der Waals surface area contributed by atoms with Crippen LogP contribution in [0.15, 0.2) is 0 Å². The van der Waals surface area contributed by atoms with Crippen LogP contribution in [0.4, 0.5) is 0 Å². The first-order valence-corrected chi connectivity index (χ1v) is 7.15. The van der Waals surface area contributed by atoms with Crippen LogP contribution in [-0.4, -0.2) is 57.8 Å². The lowest BCUT2D eigenvalue weighted by Crippen LogP contribution is -2.56. The Kier molecular flexibility index (Phi) is 8.50. The van der Waals surface area contributed by atoms with Crippen LogP contribution in [0.5, 0.6) is 0 Å². The van der Waals surface area contributed by atoms with E-state index < -0.39 is 48.3 Å². The Bertz CT molecular complexity index is 443. The summed E-state index contributed by atoms with van der Waals surface area (Å²) in [6.45, 7) is 3.29. The standard InChI is InChI=1S/C12H21N3O6S/c1-5(2)9(11(19)14-7(4-22)12(20)21)15-10(18)6(13)3-8(16)17/h5-7,9,22H,3-4,13H2,1-2H3,(H,14,19)(H,15,18)(H,16,17)(H,20,21)/t6-,7-,9-/m0/s1. The molecule has 3 atom stereocenters. The molecule has 0 spiro atoms. The molecule has 0 aromatic heterocycles. The van der Waals surface area contributed by atoms with Crippen molar-refractivity contribution in [1.82, 2.24) is 10.6 Å². The highest BCUT2D eigenvalue weighted by molar-refractivity contribution is 7.80. The molecule has 6 N–H and O–H groups in total. The van der Waals surface area contributed by atoms with Crippen molar-refractivity contribution < 1.29 is 29.4 Å². The van der Waals surface area contributed by atoms with Crippen molar-refractivity contribution in [2.45, 2.75) is 38.4 Å². The number of thiol groups is 1. The minimum Gasteiger partial charge on any atom is -0.481 e. The van der Waals surface area contributed by atoms with Crippen LogP contribution in [0.2, 0.25) is 0 Å². The average Bonchev–Trinajstić information content (AvgIpc) is 2.39. The maximum atomic E-state index is 12.1. The molecule has 0 aromatic rings. The van der Waals surface area contributed by atoms with E-state index >= 15 is 0 Å². The van der Waals surface area contributed by atoms with Crippen LogP contribution in [0.25, 0.3) is 0 Å². The Morgan fingerprint density at radius 3 is 2.00 bits per heavy atom. The molecule has 0 bridgehead atoms. The molecule has 10 heteroatoms. The van der Waals surface area contributed by atoms with E-state index in [1.807, 2.05) is 0 Å². The molecule has 0 aromatic carbocycles. The molecule has 0 rings (SSSR count). The molecule has 0 heterocycles. The minimum absolute atomic E-state index is 0.113. The van der Waals surface area contributed by atoms with E-state index in [9.17, 15) is 19.2 Å². The first-order valence-electron chi connectivity index (χ1n) is 6.51. The number of hydrogen-bond donors (Lipinski definition) is 6. The Morgan fingerprint density at radius 1 is 1.09 bits per heavy atom. The number of carboxylic acid groups (broad SMARTS) is 2. The van der Waals surface area contributed by atoms with Gasteiger partial charge in [0.1, 0.15) is 12.1 Å². The molecule has 0 aliphatic rings. The van der Waals surface area contributed by atoms with Gasteiger partial charge in [-0.25, -0.2) is 4.79 Å². The Hall–Kier alpha value is -1.81. The summed E-state index contributed by atoms with van der Waals surface area (Å²) in [5.41, 5.74) is 5.41. The van der Waals surface area contributed by atoms with Gasteiger partial charge < -0.3 is 26.6 Å². The summed E-state index contributed by atoms with van der Waals surface area (Å²) >= 11 is 3.82. The number of carbonyl (C=O) groups is 4. The Balaban J connectivity index is 4.85. The fourth-order valence-electron chi connectivity index (χ4n) is 1.52. The van der Waals surface area contributed by atoms with Crippen molar-refractivity contribution in [2.24, 2.45) is 11.7 Å². The number of carboxylic acids is 2. The van der Waals surface area contributed by atoms with Gasteiger partial charge in [-0.05, 0) is 5.92 Å². The second kappa shape index (κ2) is 9.26. The number of aliphatic carboxylic acids is 2. The number of carbonyl (C=O) groups excluding carboxylic acids is 2. The largest absolute Gasteiger partial charge is 0.481 e. The number of hydrogen-bond acceptors (Lipinski definition) is 6. The van der Waals surface area contributed by atoms with E-state index in [-0.39, 0.29) is 11.7 Å². The van der Waals surface area contributed by atoms with Gasteiger partial charge in [0, 0.05) is 5.75 Å². The third-order valence-electron chi connectivity index (χ3n) is 2.78. The molecule has 0 unspecified atom stereocenters. The van der Waals surface area contributed by atoms with Crippen molar-refractivity contribution in [2.75, 3.05) is 5.75 Å². The molecule has 9 nitrogen and oxygen atoms in total. The maximum absolute atomic E-state index is 12.1. The molecule has 0 radical (unpaired) electrons. The van der Waals surface area contributed by atoms with Crippen LogP contribution in [0, 0.1) is 5.92 Å². The second-order valence-electron chi connectivity index (χ2n) is 5.02. The summed E-state index contributed by atoms with van der Waals surface area (Å²) in [5.74, 6) is -4.45. The van der Waals surface area contributed by atoms with Crippen LogP contribution in [-0.2, 0) is 19.2 Å². The van der Waals surface area contributed by atoms with Crippen LogP contribution >= 0.6 is 12.6 Å². The number of amides is 2. The molecular formula is C12H21N3O6S. The highest BCUT2D eigenvalue weighted by atomic mass is 32.1. The van der Waals surface area contributed by atoms with Gasteiger partial charge in [0.2, 0.25) is 11.8 Å². The SMILES string of the molecule is CC(C)[C@H](NC(=O)[C@@H](N)CC(=O)O)C(=O)N[C@@H](CS)C(=O)O. The number of rotatable bonds is 9. The lowest BCUT2D eigenvalue weighted by atomic mass is 10.0. The van der Waals surface area contributed by atoms with Crippen molar-refractivity contribution in [3.05, 3.63) is 0 Å². The molecule has 126 valence electrons. The van der Waals surface area contributed by atoms with Gasteiger partial charge in [-0.2, -0.15) is 12.6 Å². The predicted octanol–water partition coefficient (Wildman–Crippen LogP) is -1.57. The van der Waals surface area contributed by atoms with E-state index in [1.54, 1.807) is 13.8 Å². The van der Waals surface area contributed by atoms with Gasteiger partial charge in [0.25, 0.3) is 0 Å². The molecule has 0 aliphatic carbocycles. The predicted molar refractivity (Wildman–Crippen MR) is 80.4 cm³/mol. The second-order valence-corrected chi connectivity index (χ2v) is 5.38. The van der Waals surface area contributed by atoms with Gasteiger partial charge >= 0.3 is 11.9 Å². The first kappa shape index (κ1) is 20.2. The van der Waals surface area contributed by atoms with E-state index in [0.29, 0.717) is 0 Å². The smallest absolute Gasteiger partial charge is 0.327 e. The lowest BCUT2D eigenvalue weighted by molar-refractivity contribution is -0.142. The zero-order chi connectivity index (χ0) is 17.4. The molecule has 0 fully saturated rings. The number of nitrogens with one attached hydrogen (secondary N) is 2. The van der Waals surface area contributed by atoms with Crippen molar-refractivity contribution >= 4 is 36.4 Å². The van der Waals surface area contributed by atoms with E-state index in [0.717, 1.165) is 0 Å². The fourth-order valence-corrected chi connectivity index (χ4v) is 1.77. The van der Waals surface area contributed by atoms with Crippen LogP contribution in [0.3, 0.4) is 0 Å². The lowest BCUT2D eigenvalue weighted by Gasteiger charge is -2.24. The van der Waals surface area contributed by atoms with Gasteiger partial charge in [0.05, 0.1) is 12.5 Å². The highest BCUT2D eigenvalue weighted by Gasteiger charge is 2.29. The summed E-state index contributed by atoms with van der Waals surface area (Å²) in [4.78, 5) is 45.2. The van der Waals surface area contributed by atoms with Gasteiger partial charge in [-0.15, -0.1) is 0 Å². The van der Waals surface area contributed by atoms with Gasteiger partial charge in [-0.1, -0.05) is 13.8 Å². The van der Waals surface area contributed by atoms with Crippen molar-refractivity contribution in [1.29, 1.82) is 0 Å². The quantitative estimate of drug-likeness (QED) is 0.278. The van der Waals surface area contributed by atoms with E-state index in [2.05, 4.69) is 23.3 Å². The molecule has 0 aliphatic heterocycles. The summed E-state index contributed by atoms with van der Waals surface area (Å²) in [5, 5.41) is 22.0. The zero-order valence-electron chi connectivity index (χ0n) is 12.3. The maximum Gasteiger partial charge on any atom is 0.327 e. The van der Waals surface area contributed by atoms with Gasteiger partial charge in [0.15, 0.2) is 0 Å². The Morgan fingerprint density at radius 2 is 1.64 bits per heavy atom. The van der Waals surface area contributed by atoms with Gasteiger partial charge in [-0.3, -0.25) is 14.4 Å². The zero-order valence-corrected chi connectivity index (χ0v) is 13.2. The summed E-state index contributed by atoms with van der Waals surface area (Å²) in [6, 6.07) is -3.53. The normalized spacial score (nSPS) is 14.8. The van der Waals surface area contributed by atoms with E-state index in [4.69, 9.17) is 15.9 Å². The molecule has 0 saturated heterocycles. The van der Waals surface area contributed by atoms with Crippen molar-refractivity contribution in [3.8, 4) is 0 Å². The van der Waals surface area contributed by atoms with Crippen molar-refractivity contribution in [3.63, 3.8) is 0 Å². The monoisotopic (exact) mass is 335 g/mol. The average molecular weight is 335 g/mol. The first-order chi connectivity index (χ1) is 10.1. The fraction of sp³-hybridized carbons (Fsp3) is 0.667. The summed E-state index contributed by atoms with van der Waals surface area (Å²) in [7, 11) is 0. The molecule has 22 heavy (non-hydrogen) atoms. The third kappa shape index (κ3) is 6.76. The highest BCUT2D eigenvalue weighted by Crippen LogP contribution is 2.04. The van der Waals surface area contributed by atoms with Crippen LogP contribution in [0.1, 0.15) is 20.3 Å². The third-order valence-corrected chi connectivity index (χ3v) is 3.14. The summed E-state index contributed by atoms with van der Waals surface area (Å²) < 4.78 is 0. The number of nitrogens with two attached hydrogens (primary N) is 1. The molecule has 0 saturated carbocycles.